The first-order valence-corrected chi connectivity index (χ1v) is 4.79. The molecule has 1 N–H and O–H groups in total. The summed E-state index contributed by atoms with van der Waals surface area (Å²) in [6.45, 7) is 0. The molecule has 78 valence electrons. The molecule has 0 aliphatic rings. The van der Waals surface area contributed by atoms with Gasteiger partial charge in [-0.05, 0) is 23.8 Å². The van der Waals surface area contributed by atoms with Crippen LogP contribution in [0.2, 0.25) is 0 Å². The Morgan fingerprint density at radius 2 is 2.19 bits per heavy atom. The lowest BCUT2D eigenvalue weighted by Gasteiger charge is -2.02. The normalized spacial score (nSPS) is 11.9. The summed E-state index contributed by atoms with van der Waals surface area (Å²) in [5, 5.41) is 18.2. The number of nitriles is 2. The molecule has 0 fully saturated rings. The van der Waals surface area contributed by atoms with Crippen molar-refractivity contribution >= 4 is 10.9 Å². The Bertz CT molecular complexity index is 601. The first-order chi connectivity index (χ1) is 7.76. The maximum absolute atomic E-state index is 13.1. The first-order valence-electron chi connectivity index (χ1n) is 4.79. The Balaban J connectivity index is 2.57. The van der Waals surface area contributed by atoms with E-state index in [0.29, 0.717) is 10.9 Å². The fourth-order valence-corrected chi connectivity index (χ4v) is 1.72. The summed E-state index contributed by atoms with van der Waals surface area (Å²) in [6.07, 6.45) is 1.77. The van der Waals surface area contributed by atoms with Crippen LogP contribution in [0.3, 0.4) is 0 Å². The molecular weight excluding hydrogens is 205 g/mol. The van der Waals surface area contributed by atoms with Crippen molar-refractivity contribution in [1.82, 2.24) is 4.98 Å². The van der Waals surface area contributed by atoms with Gasteiger partial charge in [-0.15, -0.1) is 0 Å². The zero-order valence-corrected chi connectivity index (χ0v) is 8.37. The van der Waals surface area contributed by atoms with Gasteiger partial charge in [0.15, 0.2) is 0 Å². The van der Waals surface area contributed by atoms with E-state index in [9.17, 15) is 4.39 Å². The van der Waals surface area contributed by atoms with Crippen LogP contribution in [-0.2, 0) is 0 Å². The highest BCUT2D eigenvalue weighted by Gasteiger charge is 2.15. The second-order valence-electron chi connectivity index (χ2n) is 3.48. The summed E-state index contributed by atoms with van der Waals surface area (Å²) in [4.78, 5) is 2.96. The number of benzene rings is 1. The molecule has 1 aromatic heterocycles. The van der Waals surface area contributed by atoms with Crippen LogP contribution in [0.25, 0.3) is 10.9 Å². The molecule has 16 heavy (non-hydrogen) atoms. The Morgan fingerprint density at radius 1 is 1.38 bits per heavy atom. The highest BCUT2D eigenvalue weighted by atomic mass is 19.1. The lowest BCUT2D eigenvalue weighted by molar-refractivity contribution is 0.629. The smallest absolute Gasteiger partial charge is 0.123 e. The van der Waals surface area contributed by atoms with Crippen LogP contribution in [0.1, 0.15) is 17.9 Å². The van der Waals surface area contributed by atoms with E-state index in [4.69, 9.17) is 10.5 Å². The van der Waals surface area contributed by atoms with Gasteiger partial charge in [0.2, 0.25) is 0 Å². The topological polar surface area (TPSA) is 63.4 Å². The predicted molar refractivity (Wildman–Crippen MR) is 56.8 cm³/mol. The summed E-state index contributed by atoms with van der Waals surface area (Å²) >= 11 is 0. The van der Waals surface area contributed by atoms with Gasteiger partial charge in [0, 0.05) is 17.1 Å². The molecule has 0 spiro atoms. The van der Waals surface area contributed by atoms with E-state index in [1.54, 1.807) is 12.3 Å². The molecule has 0 amide bonds. The number of nitrogens with one attached hydrogen (secondary N) is 1. The van der Waals surface area contributed by atoms with E-state index in [2.05, 4.69) is 11.1 Å². The maximum Gasteiger partial charge on any atom is 0.123 e. The third kappa shape index (κ3) is 1.62. The zero-order valence-electron chi connectivity index (χ0n) is 8.37. The van der Waals surface area contributed by atoms with Gasteiger partial charge < -0.3 is 4.98 Å². The lowest BCUT2D eigenvalue weighted by Crippen LogP contribution is -1.92. The minimum Gasteiger partial charge on any atom is -0.361 e. The molecule has 1 aromatic carbocycles. The summed E-state index contributed by atoms with van der Waals surface area (Å²) in [6, 6.07) is 8.36. The van der Waals surface area contributed by atoms with Crippen molar-refractivity contribution in [1.29, 1.82) is 10.5 Å². The molecule has 0 radical (unpaired) electrons. The van der Waals surface area contributed by atoms with E-state index in [0.717, 1.165) is 5.52 Å². The van der Waals surface area contributed by atoms with Crippen molar-refractivity contribution < 1.29 is 4.39 Å². The van der Waals surface area contributed by atoms with Crippen molar-refractivity contribution in [3.05, 3.63) is 35.8 Å². The Kier molecular flexibility index (Phi) is 2.57. The molecule has 0 aliphatic carbocycles. The highest BCUT2D eigenvalue weighted by molar-refractivity contribution is 5.84. The molecule has 4 heteroatoms. The zero-order chi connectivity index (χ0) is 11.5. The monoisotopic (exact) mass is 213 g/mol. The molecule has 0 saturated heterocycles. The fraction of sp³-hybridized carbons (Fsp3) is 0.167. The molecular formula is C12H8FN3. The van der Waals surface area contributed by atoms with E-state index in [1.165, 1.54) is 12.1 Å². The number of aromatic amines is 1. The van der Waals surface area contributed by atoms with Crippen LogP contribution in [-0.4, -0.2) is 4.98 Å². The minimum atomic E-state index is -0.513. The first kappa shape index (κ1) is 10.2. The molecule has 0 saturated carbocycles. The second-order valence-corrected chi connectivity index (χ2v) is 3.48. The number of H-pyrrole nitrogens is 1. The van der Waals surface area contributed by atoms with Crippen LogP contribution < -0.4 is 0 Å². The van der Waals surface area contributed by atoms with Crippen molar-refractivity contribution in [3.63, 3.8) is 0 Å². The highest BCUT2D eigenvalue weighted by Crippen LogP contribution is 2.27. The predicted octanol–water partition coefficient (Wildman–Crippen LogP) is 2.83. The van der Waals surface area contributed by atoms with Crippen molar-refractivity contribution in [2.75, 3.05) is 0 Å². The summed E-state index contributed by atoms with van der Waals surface area (Å²) in [5.74, 6) is -0.859. The number of hydrogen-bond donors (Lipinski definition) is 1. The molecule has 0 aliphatic heterocycles. The van der Waals surface area contributed by atoms with Crippen LogP contribution in [0.5, 0.6) is 0 Å². The Labute approximate surface area is 91.7 Å². The third-order valence-corrected chi connectivity index (χ3v) is 2.50. The van der Waals surface area contributed by atoms with E-state index < -0.39 is 5.92 Å². The Morgan fingerprint density at radius 3 is 2.88 bits per heavy atom. The second kappa shape index (κ2) is 4.04. The number of fused-ring (bicyclic) bond motifs is 1. The maximum atomic E-state index is 13.1. The molecule has 1 atom stereocenters. The quantitative estimate of drug-likeness (QED) is 0.833. The van der Waals surface area contributed by atoms with Gasteiger partial charge in [-0.25, -0.2) is 4.39 Å². The van der Waals surface area contributed by atoms with E-state index in [-0.39, 0.29) is 12.2 Å². The van der Waals surface area contributed by atoms with Crippen LogP contribution in [0.4, 0.5) is 4.39 Å². The number of rotatable bonds is 2. The van der Waals surface area contributed by atoms with Gasteiger partial charge in [0.05, 0.1) is 24.5 Å². The average Bonchev–Trinajstić information content (AvgIpc) is 2.69. The standard InChI is InChI=1S/C12H8FN3/c13-9-1-2-12-10(5-9)11(7-16-12)8(6-15)3-4-14/h1-2,5,7-8,16H,3H2. The fourth-order valence-electron chi connectivity index (χ4n) is 1.72. The molecule has 1 unspecified atom stereocenters. The van der Waals surface area contributed by atoms with Crippen molar-refractivity contribution in [2.45, 2.75) is 12.3 Å². The summed E-state index contributed by atoms with van der Waals surface area (Å²) in [7, 11) is 0. The average molecular weight is 213 g/mol. The lowest BCUT2D eigenvalue weighted by atomic mass is 9.97. The van der Waals surface area contributed by atoms with Gasteiger partial charge in [-0.2, -0.15) is 10.5 Å². The molecule has 1 heterocycles. The van der Waals surface area contributed by atoms with Crippen LogP contribution in [0.15, 0.2) is 24.4 Å². The van der Waals surface area contributed by atoms with E-state index in [1.807, 2.05) is 6.07 Å². The van der Waals surface area contributed by atoms with Gasteiger partial charge in [0.1, 0.15) is 5.82 Å². The number of aromatic nitrogens is 1. The minimum absolute atomic E-state index is 0.111. The third-order valence-electron chi connectivity index (χ3n) is 2.50. The van der Waals surface area contributed by atoms with Gasteiger partial charge in [-0.1, -0.05) is 0 Å². The molecule has 2 rings (SSSR count). The van der Waals surface area contributed by atoms with Crippen LogP contribution >= 0.6 is 0 Å². The van der Waals surface area contributed by atoms with Gasteiger partial charge >= 0.3 is 0 Å². The van der Waals surface area contributed by atoms with Crippen molar-refractivity contribution in [2.24, 2.45) is 0 Å². The number of halogens is 1. The Hall–Kier alpha value is -2.33. The largest absolute Gasteiger partial charge is 0.361 e. The van der Waals surface area contributed by atoms with Gasteiger partial charge in [-0.3, -0.25) is 0 Å². The van der Waals surface area contributed by atoms with Gasteiger partial charge in [0.25, 0.3) is 0 Å². The molecule has 3 nitrogen and oxygen atoms in total. The number of hydrogen-bond acceptors (Lipinski definition) is 2. The SMILES string of the molecule is N#CCC(C#N)c1c[nH]c2ccc(F)cc12. The van der Waals surface area contributed by atoms with E-state index >= 15 is 0 Å². The summed E-state index contributed by atoms with van der Waals surface area (Å²) < 4.78 is 13.1. The van der Waals surface area contributed by atoms with Crippen LogP contribution in [0, 0.1) is 28.5 Å². The number of nitrogens with zero attached hydrogens (tertiary/aromatic N) is 2. The molecule has 2 aromatic rings. The van der Waals surface area contributed by atoms with Crippen molar-refractivity contribution in [3.8, 4) is 12.1 Å². The summed E-state index contributed by atoms with van der Waals surface area (Å²) in [5.41, 5.74) is 1.45. The molecule has 0 bridgehead atoms.